The summed E-state index contributed by atoms with van der Waals surface area (Å²) in [7, 11) is 0. The molecule has 0 aliphatic heterocycles. The van der Waals surface area contributed by atoms with E-state index < -0.39 is 0 Å². The lowest BCUT2D eigenvalue weighted by atomic mass is 10.2. The molecule has 0 radical (unpaired) electrons. The minimum absolute atomic E-state index is 0.687. The van der Waals surface area contributed by atoms with E-state index in [1.54, 1.807) is 0 Å². The fourth-order valence-corrected chi connectivity index (χ4v) is 1.95. The lowest BCUT2D eigenvalue weighted by molar-refractivity contribution is 0.415. The topological polar surface area (TPSA) is 38.1 Å². The first-order valence-corrected chi connectivity index (χ1v) is 5.55. The molecule has 78 valence electrons. The summed E-state index contributed by atoms with van der Waals surface area (Å²) >= 11 is 0. The number of aryl methyl sites for hydroxylation is 1. The van der Waals surface area contributed by atoms with Crippen LogP contribution in [-0.2, 0) is 13.0 Å². The molecule has 1 aromatic heterocycles. The van der Waals surface area contributed by atoms with Crippen molar-refractivity contribution in [3.05, 3.63) is 17.8 Å². The van der Waals surface area contributed by atoms with E-state index in [2.05, 4.69) is 17.2 Å². The zero-order chi connectivity index (χ0) is 9.80. The number of aromatic nitrogens is 1. The van der Waals surface area contributed by atoms with Crippen LogP contribution in [0.1, 0.15) is 44.3 Å². The van der Waals surface area contributed by atoms with Crippen LogP contribution in [-0.4, -0.2) is 11.0 Å². The minimum atomic E-state index is 0.687. The lowest BCUT2D eigenvalue weighted by Gasteiger charge is -2.08. The third-order valence-electron chi connectivity index (χ3n) is 2.85. The van der Waals surface area contributed by atoms with Gasteiger partial charge in [-0.25, -0.2) is 4.98 Å². The molecule has 0 saturated heterocycles. The Morgan fingerprint density at radius 3 is 2.93 bits per heavy atom. The summed E-state index contributed by atoms with van der Waals surface area (Å²) in [6.45, 7) is 2.86. The Hall–Kier alpha value is -0.830. The van der Waals surface area contributed by atoms with Gasteiger partial charge in [0.2, 0.25) is 5.89 Å². The highest BCUT2D eigenvalue weighted by Gasteiger charge is 2.14. The van der Waals surface area contributed by atoms with Crippen LogP contribution in [0.25, 0.3) is 0 Å². The summed E-state index contributed by atoms with van der Waals surface area (Å²) in [6, 6.07) is 0.687. The van der Waals surface area contributed by atoms with Crippen LogP contribution in [0.2, 0.25) is 0 Å². The molecule has 1 heterocycles. The smallest absolute Gasteiger partial charge is 0.208 e. The average Bonchev–Trinajstić information content (AvgIpc) is 2.86. The van der Waals surface area contributed by atoms with Crippen molar-refractivity contribution in [3.63, 3.8) is 0 Å². The maximum absolute atomic E-state index is 5.52. The molecule has 0 spiro atoms. The molecule has 1 N–H and O–H groups in total. The van der Waals surface area contributed by atoms with Gasteiger partial charge in [-0.1, -0.05) is 19.8 Å². The largest absolute Gasteiger partial charge is 0.444 e. The molecule has 2 rings (SSSR count). The van der Waals surface area contributed by atoms with Gasteiger partial charge in [0.25, 0.3) is 0 Å². The minimum Gasteiger partial charge on any atom is -0.444 e. The van der Waals surface area contributed by atoms with Gasteiger partial charge in [-0.05, 0) is 12.8 Å². The van der Waals surface area contributed by atoms with Crippen LogP contribution in [0.15, 0.2) is 10.6 Å². The molecule has 3 heteroatoms. The number of nitrogens with one attached hydrogen (secondary N) is 1. The van der Waals surface area contributed by atoms with E-state index >= 15 is 0 Å². The first kappa shape index (κ1) is 9.71. The Labute approximate surface area is 84.9 Å². The SMILES string of the molecule is CCc1cnc(CNC2CCCC2)o1. The average molecular weight is 194 g/mol. The van der Waals surface area contributed by atoms with Crippen LogP contribution in [0.4, 0.5) is 0 Å². The second-order valence-electron chi connectivity index (χ2n) is 3.94. The Balaban J connectivity index is 1.79. The highest BCUT2D eigenvalue weighted by atomic mass is 16.4. The van der Waals surface area contributed by atoms with Gasteiger partial charge >= 0.3 is 0 Å². The van der Waals surface area contributed by atoms with Crippen LogP contribution in [0, 0.1) is 0 Å². The Kier molecular flexibility index (Phi) is 3.19. The maximum atomic E-state index is 5.52. The van der Waals surface area contributed by atoms with E-state index in [1.165, 1.54) is 25.7 Å². The van der Waals surface area contributed by atoms with Gasteiger partial charge in [0.05, 0.1) is 12.7 Å². The molecular formula is C11H18N2O. The van der Waals surface area contributed by atoms with Crippen LogP contribution in [0.3, 0.4) is 0 Å². The van der Waals surface area contributed by atoms with Crippen molar-refractivity contribution in [1.29, 1.82) is 0 Å². The fourth-order valence-electron chi connectivity index (χ4n) is 1.95. The number of hydrogen-bond donors (Lipinski definition) is 1. The van der Waals surface area contributed by atoms with Crippen molar-refractivity contribution in [1.82, 2.24) is 10.3 Å². The standard InChI is InChI=1S/C11H18N2O/c1-2-10-7-13-11(14-10)8-12-9-5-3-4-6-9/h7,9,12H,2-6,8H2,1H3. The van der Waals surface area contributed by atoms with Gasteiger partial charge in [-0.2, -0.15) is 0 Å². The molecule has 1 aliphatic carbocycles. The summed E-state index contributed by atoms with van der Waals surface area (Å²) in [5.41, 5.74) is 0. The van der Waals surface area contributed by atoms with Gasteiger partial charge < -0.3 is 9.73 Å². The Morgan fingerprint density at radius 2 is 2.29 bits per heavy atom. The highest BCUT2D eigenvalue weighted by molar-refractivity contribution is 4.93. The molecule has 1 saturated carbocycles. The molecule has 0 amide bonds. The third kappa shape index (κ3) is 2.35. The summed E-state index contributed by atoms with van der Waals surface area (Å²) in [5, 5.41) is 3.48. The van der Waals surface area contributed by atoms with Crippen LogP contribution in [0.5, 0.6) is 0 Å². The zero-order valence-electron chi connectivity index (χ0n) is 8.75. The highest BCUT2D eigenvalue weighted by Crippen LogP contribution is 2.18. The number of oxazole rings is 1. The van der Waals surface area contributed by atoms with E-state index in [9.17, 15) is 0 Å². The monoisotopic (exact) mass is 194 g/mol. The van der Waals surface area contributed by atoms with Gasteiger partial charge in [-0.3, -0.25) is 0 Å². The van der Waals surface area contributed by atoms with Crippen LogP contribution < -0.4 is 5.32 Å². The lowest BCUT2D eigenvalue weighted by Crippen LogP contribution is -2.25. The summed E-state index contributed by atoms with van der Waals surface area (Å²) in [4.78, 5) is 4.22. The van der Waals surface area contributed by atoms with E-state index in [4.69, 9.17) is 4.42 Å². The fraction of sp³-hybridized carbons (Fsp3) is 0.727. The predicted molar refractivity (Wildman–Crippen MR) is 55.0 cm³/mol. The van der Waals surface area contributed by atoms with Crippen LogP contribution >= 0.6 is 0 Å². The molecule has 1 fully saturated rings. The Bertz CT molecular complexity index is 277. The van der Waals surface area contributed by atoms with Gasteiger partial charge in [0.1, 0.15) is 5.76 Å². The van der Waals surface area contributed by atoms with Crippen molar-refractivity contribution in [2.75, 3.05) is 0 Å². The number of hydrogen-bond acceptors (Lipinski definition) is 3. The Morgan fingerprint density at radius 1 is 1.50 bits per heavy atom. The van der Waals surface area contributed by atoms with Gasteiger partial charge in [-0.15, -0.1) is 0 Å². The van der Waals surface area contributed by atoms with Gasteiger partial charge in [0, 0.05) is 12.5 Å². The second kappa shape index (κ2) is 4.60. The second-order valence-corrected chi connectivity index (χ2v) is 3.94. The van der Waals surface area contributed by atoms with Crippen molar-refractivity contribution < 1.29 is 4.42 Å². The number of nitrogens with zero attached hydrogens (tertiary/aromatic N) is 1. The molecule has 1 aliphatic rings. The molecule has 0 aromatic carbocycles. The third-order valence-corrected chi connectivity index (χ3v) is 2.85. The molecule has 14 heavy (non-hydrogen) atoms. The molecule has 1 aromatic rings. The van der Waals surface area contributed by atoms with Crippen molar-refractivity contribution in [2.45, 2.75) is 51.6 Å². The van der Waals surface area contributed by atoms with Crippen molar-refractivity contribution in [3.8, 4) is 0 Å². The van der Waals surface area contributed by atoms with Crippen molar-refractivity contribution >= 4 is 0 Å². The normalized spacial score (nSPS) is 17.8. The van der Waals surface area contributed by atoms with E-state index in [0.717, 1.165) is 24.6 Å². The molecule has 0 bridgehead atoms. The summed E-state index contributed by atoms with van der Waals surface area (Å²) in [5.74, 6) is 1.81. The first-order valence-electron chi connectivity index (χ1n) is 5.55. The van der Waals surface area contributed by atoms with E-state index in [-0.39, 0.29) is 0 Å². The maximum Gasteiger partial charge on any atom is 0.208 e. The summed E-state index contributed by atoms with van der Waals surface area (Å²) in [6.07, 6.45) is 8.09. The first-order chi connectivity index (χ1) is 6.88. The summed E-state index contributed by atoms with van der Waals surface area (Å²) < 4.78 is 5.52. The molecular weight excluding hydrogens is 176 g/mol. The van der Waals surface area contributed by atoms with Gasteiger partial charge in [0.15, 0.2) is 0 Å². The molecule has 0 atom stereocenters. The quantitative estimate of drug-likeness (QED) is 0.799. The zero-order valence-corrected chi connectivity index (χ0v) is 8.75. The van der Waals surface area contributed by atoms with Crippen molar-refractivity contribution in [2.24, 2.45) is 0 Å². The molecule has 3 nitrogen and oxygen atoms in total. The number of rotatable bonds is 4. The predicted octanol–water partition coefficient (Wildman–Crippen LogP) is 2.27. The van der Waals surface area contributed by atoms with E-state index in [0.29, 0.717) is 6.04 Å². The molecule has 0 unspecified atom stereocenters. The van der Waals surface area contributed by atoms with E-state index in [1.807, 2.05) is 6.20 Å².